The molecule has 0 unspecified atom stereocenters. The van der Waals surface area contributed by atoms with Gasteiger partial charge < -0.3 is 10.2 Å². The second kappa shape index (κ2) is 11.1. The second-order valence-electron chi connectivity index (χ2n) is 16.4. The van der Waals surface area contributed by atoms with E-state index in [0.29, 0.717) is 34.8 Å². The Morgan fingerprint density at radius 1 is 0.457 bits per heavy atom. The zero-order valence-corrected chi connectivity index (χ0v) is 29.3. The van der Waals surface area contributed by atoms with Gasteiger partial charge in [0.05, 0.1) is 0 Å². The first-order chi connectivity index (χ1) is 21.1. The number of nitrogens with one attached hydrogen (secondary N) is 2. The Hall–Kier alpha value is -4.46. The summed E-state index contributed by atoms with van der Waals surface area (Å²) in [6.07, 6.45) is 0. The monoisotopic (exact) mass is 620 g/mol. The van der Waals surface area contributed by atoms with Crippen molar-refractivity contribution in [3.05, 3.63) is 70.8 Å². The van der Waals surface area contributed by atoms with Crippen LogP contribution in [0.1, 0.15) is 105 Å². The largest absolute Gasteiger partial charge is 0.507 e. The molecule has 0 spiro atoms. The van der Waals surface area contributed by atoms with E-state index in [9.17, 15) is 10.2 Å². The molecular formula is C38H48N6O2. The number of aromatic nitrogens is 6. The molecule has 4 N–H and O–H groups in total. The quantitative estimate of drug-likeness (QED) is 0.159. The van der Waals surface area contributed by atoms with Crippen molar-refractivity contribution >= 4 is 0 Å². The first kappa shape index (κ1) is 32.9. The van der Waals surface area contributed by atoms with Crippen molar-refractivity contribution in [2.24, 2.45) is 0 Å². The van der Waals surface area contributed by atoms with E-state index >= 15 is 0 Å². The topological polar surface area (TPSA) is 124 Å². The molecule has 8 heteroatoms. The van der Waals surface area contributed by atoms with Crippen LogP contribution in [0.25, 0.3) is 45.6 Å². The highest BCUT2D eigenvalue weighted by Crippen LogP contribution is 2.43. The minimum absolute atomic E-state index is 0.258. The summed E-state index contributed by atoms with van der Waals surface area (Å²) in [6.45, 7) is 25.1. The van der Waals surface area contributed by atoms with Crippen molar-refractivity contribution in [2.75, 3.05) is 0 Å². The fourth-order valence-electron chi connectivity index (χ4n) is 5.67. The summed E-state index contributed by atoms with van der Waals surface area (Å²) in [5, 5.41) is 37.7. The van der Waals surface area contributed by atoms with E-state index in [4.69, 9.17) is 9.97 Å². The number of phenols is 2. The minimum Gasteiger partial charge on any atom is -0.507 e. The van der Waals surface area contributed by atoms with E-state index in [2.05, 4.69) is 103 Å². The summed E-state index contributed by atoms with van der Waals surface area (Å²) in [4.78, 5) is 9.74. The summed E-state index contributed by atoms with van der Waals surface area (Å²) in [7, 11) is 0. The van der Waals surface area contributed by atoms with Gasteiger partial charge in [-0.1, -0.05) is 101 Å². The van der Waals surface area contributed by atoms with Gasteiger partial charge in [-0.2, -0.15) is 10.2 Å². The molecule has 0 radical (unpaired) electrons. The van der Waals surface area contributed by atoms with Crippen LogP contribution in [0.4, 0.5) is 0 Å². The van der Waals surface area contributed by atoms with Gasteiger partial charge in [-0.15, -0.1) is 0 Å². The van der Waals surface area contributed by atoms with Gasteiger partial charge in [0.25, 0.3) is 0 Å². The molecule has 8 nitrogen and oxygen atoms in total. The average Bonchev–Trinajstić information content (AvgIpc) is 3.62. The van der Waals surface area contributed by atoms with Crippen LogP contribution < -0.4 is 0 Å². The van der Waals surface area contributed by atoms with Gasteiger partial charge in [0.1, 0.15) is 11.5 Å². The van der Waals surface area contributed by atoms with Crippen LogP contribution in [-0.2, 0) is 21.7 Å². The van der Waals surface area contributed by atoms with Gasteiger partial charge in [0.15, 0.2) is 23.3 Å². The zero-order valence-electron chi connectivity index (χ0n) is 29.3. The lowest BCUT2D eigenvalue weighted by Crippen LogP contribution is -2.17. The first-order valence-electron chi connectivity index (χ1n) is 15.9. The molecule has 0 atom stereocenters. The standard InChI is InChI=1S/C38H48N6O2/c1-35(2,3)25-17-23(18-26(29(25)45)36(4,5)6)33-39-31(41-43-33)21-14-13-15-22(16-21)32-40-34(44-42-32)24-19-27(37(7,8)9)30(46)28(20-24)38(10,11)12/h13-20,45-46H,1-12H3,(H,39,41,43)(H,40,42,44). The smallest absolute Gasteiger partial charge is 0.181 e. The van der Waals surface area contributed by atoms with Gasteiger partial charge in [-0.05, 0) is 52.0 Å². The summed E-state index contributed by atoms with van der Waals surface area (Å²) in [6, 6.07) is 15.9. The lowest BCUT2D eigenvalue weighted by molar-refractivity contribution is 0.422. The fraction of sp³-hybridized carbons (Fsp3) is 0.421. The molecule has 0 aliphatic rings. The molecule has 0 fully saturated rings. The third-order valence-electron chi connectivity index (χ3n) is 8.35. The Balaban J connectivity index is 1.51. The summed E-state index contributed by atoms with van der Waals surface area (Å²) < 4.78 is 0. The molecule has 5 rings (SSSR count). The highest BCUT2D eigenvalue weighted by Gasteiger charge is 2.29. The van der Waals surface area contributed by atoms with Crippen molar-refractivity contribution in [1.29, 1.82) is 0 Å². The number of benzene rings is 3. The third-order valence-corrected chi connectivity index (χ3v) is 8.35. The molecule has 0 aliphatic carbocycles. The average molecular weight is 621 g/mol. The van der Waals surface area contributed by atoms with Crippen LogP contribution in [0, 0.1) is 0 Å². The van der Waals surface area contributed by atoms with E-state index < -0.39 is 0 Å². The Kier molecular flexibility index (Phi) is 7.95. The Morgan fingerprint density at radius 3 is 1.04 bits per heavy atom. The molecule has 0 aliphatic heterocycles. The fourth-order valence-corrected chi connectivity index (χ4v) is 5.67. The van der Waals surface area contributed by atoms with E-state index in [0.717, 1.165) is 44.5 Å². The summed E-state index contributed by atoms with van der Waals surface area (Å²) in [5.41, 5.74) is 5.84. The lowest BCUT2D eigenvalue weighted by Gasteiger charge is -2.27. The van der Waals surface area contributed by atoms with Crippen LogP contribution >= 0.6 is 0 Å². The molecular weight excluding hydrogens is 572 g/mol. The van der Waals surface area contributed by atoms with Gasteiger partial charge in [0, 0.05) is 44.5 Å². The molecule has 242 valence electrons. The molecule has 0 saturated carbocycles. The SMILES string of the molecule is CC(C)(C)c1cc(-c2n[nH]c(-c3cccc(-c4nc(-c5cc(C(C)(C)C)c(O)c(C(C)(C)C)c5)n[nH]4)c3)n2)cc(C(C)(C)C)c1O. The summed E-state index contributed by atoms with van der Waals surface area (Å²) in [5.74, 6) is 3.04. The highest BCUT2D eigenvalue weighted by molar-refractivity contribution is 5.71. The maximum Gasteiger partial charge on any atom is 0.181 e. The van der Waals surface area contributed by atoms with E-state index in [1.165, 1.54) is 0 Å². The number of nitrogens with zero attached hydrogens (tertiary/aromatic N) is 4. The van der Waals surface area contributed by atoms with Crippen LogP contribution in [0.3, 0.4) is 0 Å². The molecule has 0 saturated heterocycles. The highest BCUT2D eigenvalue weighted by atomic mass is 16.3. The van der Waals surface area contributed by atoms with Crippen molar-refractivity contribution in [3.8, 4) is 57.1 Å². The van der Waals surface area contributed by atoms with Crippen molar-refractivity contribution < 1.29 is 10.2 Å². The number of aromatic hydroxyl groups is 2. The number of hydrogen-bond donors (Lipinski definition) is 4. The number of hydrogen-bond acceptors (Lipinski definition) is 6. The molecule has 2 aromatic heterocycles. The predicted molar refractivity (Wildman–Crippen MR) is 186 cm³/mol. The molecule has 2 heterocycles. The van der Waals surface area contributed by atoms with Crippen LogP contribution in [0.2, 0.25) is 0 Å². The molecule has 46 heavy (non-hydrogen) atoms. The van der Waals surface area contributed by atoms with Gasteiger partial charge in [-0.3, -0.25) is 10.2 Å². The second-order valence-corrected chi connectivity index (χ2v) is 16.4. The molecule has 3 aromatic carbocycles. The van der Waals surface area contributed by atoms with Gasteiger partial charge in [-0.25, -0.2) is 9.97 Å². The van der Waals surface area contributed by atoms with Crippen molar-refractivity contribution in [3.63, 3.8) is 0 Å². The van der Waals surface area contributed by atoms with Crippen molar-refractivity contribution in [1.82, 2.24) is 30.4 Å². The van der Waals surface area contributed by atoms with Crippen molar-refractivity contribution in [2.45, 2.75) is 105 Å². The van der Waals surface area contributed by atoms with Gasteiger partial charge >= 0.3 is 0 Å². The van der Waals surface area contributed by atoms with Crippen LogP contribution in [0.5, 0.6) is 11.5 Å². The summed E-state index contributed by atoms with van der Waals surface area (Å²) >= 11 is 0. The number of phenolic OH excluding ortho intramolecular Hbond substituents is 2. The number of aromatic amines is 2. The maximum atomic E-state index is 11.2. The number of rotatable bonds is 4. The molecule has 0 bridgehead atoms. The van der Waals surface area contributed by atoms with Crippen LogP contribution in [0.15, 0.2) is 48.5 Å². The zero-order chi connectivity index (χ0) is 34.0. The van der Waals surface area contributed by atoms with E-state index in [1.54, 1.807) is 0 Å². The Labute approximate surface area is 272 Å². The Morgan fingerprint density at radius 2 is 0.761 bits per heavy atom. The Bertz CT molecular complexity index is 1700. The number of H-pyrrole nitrogens is 2. The maximum absolute atomic E-state index is 11.2. The third kappa shape index (κ3) is 6.43. The van der Waals surface area contributed by atoms with E-state index in [-0.39, 0.29) is 21.7 Å². The van der Waals surface area contributed by atoms with E-state index in [1.807, 2.05) is 48.5 Å². The van der Waals surface area contributed by atoms with Crippen LogP contribution in [-0.4, -0.2) is 40.6 Å². The molecule has 0 amide bonds. The first-order valence-corrected chi connectivity index (χ1v) is 15.9. The minimum atomic E-state index is -0.258. The normalized spacial score (nSPS) is 13.0. The lowest BCUT2D eigenvalue weighted by atomic mass is 9.78. The van der Waals surface area contributed by atoms with Gasteiger partial charge in [0.2, 0.25) is 0 Å². The molecule has 5 aromatic rings. The predicted octanol–water partition coefficient (Wildman–Crippen LogP) is 9.19.